The molecule has 1 aromatic heterocycles. The van der Waals surface area contributed by atoms with Crippen molar-refractivity contribution in [2.75, 3.05) is 13.7 Å². The number of fused-ring (bicyclic) bond motifs is 5. The highest BCUT2D eigenvalue weighted by atomic mass is 16.5. The van der Waals surface area contributed by atoms with Gasteiger partial charge in [0.2, 0.25) is 0 Å². The first-order chi connectivity index (χ1) is 11.7. The molecule has 0 spiro atoms. The molecule has 5 rings (SSSR count). The predicted molar refractivity (Wildman–Crippen MR) is 89.5 cm³/mol. The molecule has 2 aliphatic rings. The number of phenols is 1. The van der Waals surface area contributed by atoms with Gasteiger partial charge in [-0.25, -0.2) is 0 Å². The van der Waals surface area contributed by atoms with Gasteiger partial charge in [-0.3, -0.25) is 8.83 Å². The monoisotopic (exact) mass is 322 g/mol. The van der Waals surface area contributed by atoms with Crippen molar-refractivity contribution >= 4 is 22.9 Å². The van der Waals surface area contributed by atoms with Crippen LogP contribution >= 0.6 is 0 Å². The summed E-state index contributed by atoms with van der Waals surface area (Å²) >= 11 is 0. The number of phenolic OH excluding ortho intramolecular Hbond substituents is 1. The van der Waals surface area contributed by atoms with E-state index in [0.717, 1.165) is 41.0 Å². The Hall–Kier alpha value is -2.95. The summed E-state index contributed by atoms with van der Waals surface area (Å²) in [6.07, 6.45) is 3.06. The molecular weight excluding hydrogens is 306 g/mol. The van der Waals surface area contributed by atoms with Gasteiger partial charge in [-0.2, -0.15) is 0 Å². The average Bonchev–Trinajstić information content (AvgIpc) is 3.06. The Balaban J connectivity index is 1.71. The van der Waals surface area contributed by atoms with Crippen molar-refractivity contribution in [1.82, 2.24) is 4.90 Å². The molecule has 0 aliphatic carbocycles. The number of benzene rings is 2. The van der Waals surface area contributed by atoms with Crippen LogP contribution in [0.3, 0.4) is 0 Å². The second-order valence-electron chi connectivity index (χ2n) is 6.17. The summed E-state index contributed by atoms with van der Waals surface area (Å²) in [4.78, 5) is 2.29. The van der Waals surface area contributed by atoms with Crippen LogP contribution in [0.1, 0.15) is 22.3 Å². The van der Waals surface area contributed by atoms with Crippen molar-refractivity contribution in [3.8, 4) is 11.5 Å². The van der Waals surface area contributed by atoms with E-state index in [9.17, 15) is 5.11 Å². The Morgan fingerprint density at radius 1 is 1.29 bits per heavy atom. The van der Waals surface area contributed by atoms with Gasteiger partial charge in [0.15, 0.2) is 11.5 Å². The first-order valence-electron chi connectivity index (χ1n) is 7.92. The zero-order chi connectivity index (χ0) is 16.3. The van der Waals surface area contributed by atoms with E-state index in [1.165, 1.54) is 17.6 Å². The number of hydrogen-bond acceptors (Lipinski definition) is 4. The minimum atomic E-state index is 0.233. The first-order valence-corrected chi connectivity index (χ1v) is 7.92. The highest BCUT2D eigenvalue weighted by Gasteiger charge is 2.29. The van der Waals surface area contributed by atoms with Crippen LogP contribution in [0.4, 0.5) is 0 Å². The van der Waals surface area contributed by atoms with Gasteiger partial charge < -0.3 is 14.7 Å². The van der Waals surface area contributed by atoms with E-state index >= 15 is 0 Å². The maximum absolute atomic E-state index is 10.4. The summed E-state index contributed by atoms with van der Waals surface area (Å²) in [6.45, 7) is 2.94. The van der Waals surface area contributed by atoms with E-state index < -0.39 is 0 Å². The third-order valence-corrected chi connectivity index (χ3v) is 4.93. The molecular formula is C19H16NO4+. The Kier molecular flexibility index (Phi) is 2.68. The normalized spacial score (nSPS) is 15.5. The molecule has 3 heterocycles. The summed E-state index contributed by atoms with van der Waals surface area (Å²) < 4.78 is 16.0. The lowest BCUT2D eigenvalue weighted by atomic mass is 9.90. The Bertz CT molecular complexity index is 1000. The van der Waals surface area contributed by atoms with Crippen LogP contribution < -0.4 is 4.74 Å². The molecule has 3 aromatic rings. The third kappa shape index (κ3) is 1.78. The molecule has 0 saturated carbocycles. The molecule has 5 heteroatoms. The predicted octanol–water partition coefficient (Wildman–Crippen LogP) is 3.89. The minimum absolute atomic E-state index is 0.233. The van der Waals surface area contributed by atoms with Crippen LogP contribution in [0.15, 0.2) is 39.6 Å². The topological polar surface area (TPSA) is 57.1 Å². The largest absolute Gasteiger partial charge is 0.504 e. The lowest BCUT2D eigenvalue weighted by Gasteiger charge is -2.36. The summed E-state index contributed by atoms with van der Waals surface area (Å²) in [7, 11) is 1.57. The van der Waals surface area contributed by atoms with Crippen molar-refractivity contribution in [3.05, 3.63) is 53.0 Å². The van der Waals surface area contributed by atoms with Crippen molar-refractivity contribution < 1.29 is 18.7 Å². The van der Waals surface area contributed by atoms with E-state index in [1.807, 2.05) is 12.1 Å². The van der Waals surface area contributed by atoms with E-state index in [-0.39, 0.29) is 5.75 Å². The zero-order valence-corrected chi connectivity index (χ0v) is 13.2. The Labute approximate surface area is 138 Å². The number of methoxy groups -OCH3 is 1. The fraction of sp³-hybridized carbons (Fsp3) is 0.211. The summed E-state index contributed by atoms with van der Waals surface area (Å²) in [6, 6.07) is 7.90. The quantitative estimate of drug-likeness (QED) is 0.689. The van der Waals surface area contributed by atoms with E-state index in [1.54, 1.807) is 13.2 Å². The molecule has 120 valence electrons. The number of hydrogen-bond donors (Lipinski definition) is 1. The van der Waals surface area contributed by atoms with Gasteiger partial charge in [-0.1, -0.05) is 6.07 Å². The fourth-order valence-corrected chi connectivity index (χ4v) is 3.67. The Morgan fingerprint density at radius 2 is 2.21 bits per heavy atom. The average molecular weight is 322 g/mol. The molecule has 0 bridgehead atoms. The summed E-state index contributed by atoms with van der Waals surface area (Å²) in [5, 5.41) is 10.4. The van der Waals surface area contributed by atoms with Gasteiger partial charge in [0.1, 0.15) is 0 Å². The second kappa shape index (κ2) is 4.77. The van der Waals surface area contributed by atoms with E-state index in [0.29, 0.717) is 12.3 Å². The lowest BCUT2D eigenvalue weighted by molar-refractivity contribution is 0.348. The molecule has 1 N–H and O–H groups in total. The SMILES string of the molecule is COc1ccc2c(c1O)CN1CCc3cc4oc[o+]c4cc3C1=C2. The smallest absolute Gasteiger partial charge is 0.485 e. The van der Waals surface area contributed by atoms with Crippen molar-refractivity contribution in [1.29, 1.82) is 0 Å². The number of aromatic hydroxyl groups is 1. The second-order valence-corrected chi connectivity index (χ2v) is 6.17. The lowest BCUT2D eigenvalue weighted by Crippen LogP contribution is -2.31. The van der Waals surface area contributed by atoms with Gasteiger partial charge in [0.25, 0.3) is 0 Å². The molecule has 0 radical (unpaired) electrons. The minimum Gasteiger partial charge on any atom is -0.504 e. The fourth-order valence-electron chi connectivity index (χ4n) is 3.67. The molecule has 0 amide bonds. The highest BCUT2D eigenvalue weighted by molar-refractivity contribution is 5.89. The van der Waals surface area contributed by atoms with Gasteiger partial charge in [0.05, 0.1) is 7.11 Å². The standard InChI is InChI=1S/C19H15NO4/c1-22-16-3-2-11-6-15-13-8-18-17(23-10-24-18)7-12(13)4-5-20(15)9-14(11)19(16)21/h2-3,6-8,10H,4-5,9H2,1H3/p+1. The van der Waals surface area contributed by atoms with Crippen LogP contribution in [-0.2, 0) is 13.0 Å². The van der Waals surface area contributed by atoms with Gasteiger partial charge in [0, 0.05) is 42.0 Å². The molecule has 2 aromatic carbocycles. The molecule has 0 atom stereocenters. The molecule has 5 nitrogen and oxygen atoms in total. The van der Waals surface area contributed by atoms with Crippen LogP contribution in [0.25, 0.3) is 22.9 Å². The summed E-state index contributed by atoms with van der Waals surface area (Å²) in [5.74, 6) is 0.748. The zero-order valence-electron chi connectivity index (χ0n) is 13.2. The maximum atomic E-state index is 10.4. The number of nitrogens with zero attached hydrogens (tertiary/aromatic N) is 1. The molecule has 24 heavy (non-hydrogen) atoms. The van der Waals surface area contributed by atoms with Crippen LogP contribution in [0, 0.1) is 0 Å². The molecule has 0 fully saturated rings. The molecule has 0 saturated heterocycles. The number of ether oxygens (including phenoxy) is 1. The van der Waals surface area contributed by atoms with Crippen molar-refractivity contribution in [2.45, 2.75) is 13.0 Å². The van der Waals surface area contributed by atoms with Crippen molar-refractivity contribution in [3.63, 3.8) is 0 Å². The van der Waals surface area contributed by atoms with Crippen LogP contribution in [0.5, 0.6) is 11.5 Å². The van der Waals surface area contributed by atoms with E-state index in [2.05, 4.69) is 17.0 Å². The molecule has 2 aliphatic heterocycles. The highest BCUT2D eigenvalue weighted by Crippen LogP contribution is 2.42. The van der Waals surface area contributed by atoms with Crippen molar-refractivity contribution in [2.24, 2.45) is 0 Å². The van der Waals surface area contributed by atoms with Crippen LogP contribution in [0.2, 0.25) is 0 Å². The maximum Gasteiger partial charge on any atom is 0.485 e. The number of rotatable bonds is 1. The van der Waals surface area contributed by atoms with Crippen LogP contribution in [-0.4, -0.2) is 23.7 Å². The van der Waals surface area contributed by atoms with Gasteiger partial charge >= 0.3 is 17.6 Å². The van der Waals surface area contributed by atoms with Gasteiger partial charge in [-0.05, 0) is 29.7 Å². The van der Waals surface area contributed by atoms with Gasteiger partial charge in [-0.15, -0.1) is 0 Å². The molecule has 0 unspecified atom stereocenters. The summed E-state index contributed by atoms with van der Waals surface area (Å²) in [5.41, 5.74) is 7.05. The van der Waals surface area contributed by atoms with E-state index in [4.69, 9.17) is 13.6 Å². The first kappa shape index (κ1) is 13.5. The third-order valence-electron chi connectivity index (χ3n) is 4.93. The Morgan fingerprint density at radius 3 is 3.08 bits per heavy atom.